The Balaban J connectivity index is 0.00000218. The summed E-state index contributed by atoms with van der Waals surface area (Å²) in [6, 6.07) is 0. The quantitative estimate of drug-likeness (QED) is 0.282. The van der Waals surface area contributed by atoms with Gasteiger partial charge < -0.3 is 14.2 Å². The van der Waals surface area contributed by atoms with Crippen LogP contribution < -0.4 is 4.74 Å². The van der Waals surface area contributed by atoms with Gasteiger partial charge in [0.25, 0.3) is 0 Å². The number of rotatable bonds is 11. The number of nitrogens with zero attached hydrogens (tertiary/aromatic N) is 3. The van der Waals surface area contributed by atoms with Crippen molar-refractivity contribution in [2.45, 2.75) is 53.0 Å². The van der Waals surface area contributed by atoms with Crippen LogP contribution in [0.5, 0.6) is 5.88 Å². The Morgan fingerprint density at radius 3 is 2.53 bits per heavy atom. The van der Waals surface area contributed by atoms with Gasteiger partial charge in [-0.3, -0.25) is 9.88 Å². The molecule has 30 heavy (non-hydrogen) atoms. The Kier molecular flexibility index (Phi) is 14.1. The standard InChI is InChI=1S/C22H33N3O3.C2H6/c1-19(26-2)8-5-4-6-16-28-17-7-9-20-10-14-25(15-11-20)18-21-22(27-3)24-13-12-23-21;1-2/h4-6,8,12-13,16,20H,7,9-11,14-15,17-18H2,1-3H3;1-2H3/b5-4-,16-6+,19-8+;. The van der Waals surface area contributed by atoms with Crippen LogP contribution in [0.3, 0.4) is 0 Å². The molecule has 2 rings (SSSR count). The largest absolute Gasteiger partial charge is 0.501 e. The van der Waals surface area contributed by atoms with Gasteiger partial charge in [-0.25, -0.2) is 4.98 Å². The molecule has 0 N–H and O–H groups in total. The van der Waals surface area contributed by atoms with E-state index >= 15 is 0 Å². The molecular formula is C24H39N3O3. The van der Waals surface area contributed by atoms with Gasteiger partial charge in [-0.05, 0) is 63.8 Å². The van der Waals surface area contributed by atoms with Crippen molar-refractivity contribution < 1.29 is 14.2 Å². The van der Waals surface area contributed by atoms with Gasteiger partial charge in [0.2, 0.25) is 5.88 Å². The first-order valence-electron chi connectivity index (χ1n) is 10.9. The zero-order valence-electron chi connectivity index (χ0n) is 19.3. The van der Waals surface area contributed by atoms with Gasteiger partial charge in [-0.2, -0.15) is 0 Å². The smallest absolute Gasteiger partial charge is 0.236 e. The molecule has 1 aromatic rings. The van der Waals surface area contributed by atoms with Gasteiger partial charge in [-0.15, -0.1) is 0 Å². The number of allylic oxidation sites excluding steroid dienone is 5. The molecule has 0 bridgehead atoms. The van der Waals surface area contributed by atoms with E-state index in [4.69, 9.17) is 14.2 Å². The molecule has 0 spiro atoms. The highest BCUT2D eigenvalue weighted by molar-refractivity contribution is 5.17. The summed E-state index contributed by atoms with van der Waals surface area (Å²) in [6.07, 6.45) is 17.6. The van der Waals surface area contributed by atoms with Crippen molar-refractivity contribution in [3.05, 3.63) is 54.4 Å². The first kappa shape index (κ1) is 25.7. The van der Waals surface area contributed by atoms with E-state index in [1.807, 2.05) is 45.1 Å². The van der Waals surface area contributed by atoms with Crippen LogP contribution in [0.25, 0.3) is 0 Å². The molecular weight excluding hydrogens is 378 g/mol. The highest BCUT2D eigenvalue weighted by atomic mass is 16.5. The van der Waals surface area contributed by atoms with Crippen molar-refractivity contribution in [1.29, 1.82) is 0 Å². The molecule has 1 fully saturated rings. The highest BCUT2D eigenvalue weighted by Gasteiger charge is 2.20. The van der Waals surface area contributed by atoms with Gasteiger partial charge >= 0.3 is 0 Å². The Morgan fingerprint density at radius 1 is 1.10 bits per heavy atom. The summed E-state index contributed by atoms with van der Waals surface area (Å²) in [5.74, 6) is 2.30. The van der Waals surface area contributed by atoms with Gasteiger partial charge in [0.05, 0.1) is 32.8 Å². The zero-order chi connectivity index (χ0) is 22.0. The SMILES string of the molecule is CC.CO/C(C)=C/C=C\C=C\OCCCC1CCN(Cc2nccnc2OC)CC1. The van der Waals surface area contributed by atoms with E-state index in [0.29, 0.717) is 5.88 Å². The lowest BCUT2D eigenvalue weighted by molar-refractivity contribution is 0.158. The van der Waals surface area contributed by atoms with Crippen molar-refractivity contribution in [3.63, 3.8) is 0 Å². The van der Waals surface area contributed by atoms with E-state index in [-0.39, 0.29) is 0 Å². The molecule has 0 aromatic carbocycles. The summed E-state index contributed by atoms with van der Waals surface area (Å²) >= 11 is 0. The summed E-state index contributed by atoms with van der Waals surface area (Å²) in [4.78, 5) is 11.1. The molecule has 1 aliphatic heterocycles. The first-order valence-corrected chi connectivity index (χ1v) is 10.9. The molecule has 0 aliphatic carbocycles. The fourth-order valence-electron chi connectivity index (χ4n) is 3.23. The Morgan fingerprint density at radius 2 is 1.83 bits per heavy atom. The lowest BCUT2D eigenvalue weighted by atomic mass is 9.92. The van der Waals surface area contributed by atoms with Crippen molar-refractivity contribution in [3.8, 4) is 5.88 Å². The van der Waals surface area contributed by atoms with Gasteiger partial charge in [0, 0.05) is 18.9 Å². The average Bonchev–Trinajstić information content (AvgIpc) is 2.80. The van der Waals surface area contributed by atoms with E-state index in [1.165, 1.54) is 19.3 Å². The number of ether oxygens (including phenoxy) is 3. The van der Waals surface area contributed by atoms with Gasteiger partial charge in [0.1, 0.15) is 5.69 Å². The minimum Gasteiger partial charge on any atom is -0.501 e. The van der Waals surface area contributed by atoms with E-state index in [9.17, 15) is 0 Å². The lowest BCUT2D eigenvalue weighted by Gasteiger charge is -2.31. The molecule has 168 valence electrons. The molecule has 1 saturated heterocycles. The molecule has 1 aliphatic rings. The minimum atomic E-state index is 0.634. The molecule has 1 aromatic heterocycles. The number of piperidine rings is 1. The van der Waals surface area contributed by atoms with Crippen LogP contribution in [-0.4, -0.2) is 48.8 Å². The Hall–Kier alpha value is -2.34. The summed E-state index contributed by atoms with van der Waals surface area (Å²) in [7, 11) is 3.31. The van der Waals surface area contributed by atoms with E-state index in [0.717, 1.165) is 50.0 Å². The second-order valence-corrected chi connectivity index (χ2v) is 6.94. The minimum absolute atomic E-state index is 0.634. The summed E-state index contributed by atoms with van der Waals surface area (Å²) in [5, 5.41) is 0. The van der Waals surface area contributed by atoms with E-state index < -0.39 is 0 Å². The van der Waals surface area contributed by atoms with Crippen LogP contribution in [0.1, 0.15) is 52.1 Å². The van der Waals surface area contributed by atoms with E-state index in [1.54, 1.807) is 32.9 Å². The maximum Gasteiger partial charge on any atom is 0.236 e. The number of hydrogen-bond acceptors (Lipinski definition) is 6. The van der Waals surface area contributed by atoms with Crippen LogP contribution in [0.15, 0.2) is 48.7 Å². The number of aromatic nitrogens is 2. The molecule has 6 heteroatoms. The van der Waals surface area contributed by atoms with Crippen LogP contribution in [0, 0.1) is 5.92 Å². The number of likely N-dealkylation sites (tertiary alicyclic amines) is 1. The molecule has 0 radical (unpaired) electrons. The zero-order valence-corrected chi connectivity index (χ0v) is 19.3. The fraction of sp³-hybridized carbons (Fsp3) is 0.583. The summed E-state index contributed by atoms with van der Waals surface area (Å²) in [5.41, 5.74) is 0.922. The van der Waals surface area contributed by atoms with Crippen LogP contribution in [-0.2, 0) is 16.0 Å². The third kappa shape index (κ3) is 10.4. The van der Waals surface area contributed by atoms with Gasteiger partial charge in [0.15, 0.2) is 0 Å². The average molecular weight is 418 g/mol. The van der Waals surface area contributed by atoms with Crippen LogP contribution >= 0.6 is 0 Å². The van der Waals surface area contributed by atoms with Crippen LogP contribution in [0.4, 0.5) is 0 Å². The Bertz CT molecular complexity index is 651. The van der Waals surface area contributed by atoms with Crippen molar-refractivity contribution in [2.24, 2.45) is 5.92 Å². The first-order chi connectivity index (χ1) is 14.7. The van der Waals surface area contributed by atoms with Gasteiger partial charge in [-0.1, -0.05) is 26.0 Å². The Labute approximate surface area is 182 Å². The number of hydrogen-bond donors (Lipinski definition) is 0. The van der Waals surface area contributed by atoms with Crippen molar-refractivity contribution in [2.75, 3.05) is 33.9 Å². The third-order valence-electron chi connectivity index (χ3n) is 4.93. The highest BCUT2D eigenvalue weighted by Crippen LogP contribution is 2.24. The monoisotopic (exact) mass is 417 g/mol. The maximum absolute atomic E-state index is 5.56. The maximum atomic E-state index is 5.56. The second kappa shape index (κ2) is 16.5. The predicted molar refractivity (Wildman–Crippen MR) is 122 cm³/mol. The normalized spacial score (nSPS) is 15.8. The molecule has 0 atom stereocenters. The van der Waals surface area contributed by atoms with Crippen molar-refractivity contribution in [1.82, 2.24) is 14.9 Å². The molecule has 2 heterocycles. The number of methoxy groups -OCH3 is 2. The summed E-state index contributed by atoms with van der Waals surface area (Å²) in [6.45, 7) is 9.70. The summed E-state index contributed by atoms with van der Waals surface area (Å²) < 4.78 is 15.9. The molecule has 0 saturated carbocycles. The fourth-order valence-corrected chi connectivity index (χ4v) is 3.23. The predicted octanol–water partition coefficient (Wildman–Crippen LogP) is 5.14. The third-order valence-corrected chi connectivity index (χ3v) is 4.93. The van der Waals surface area contributed by atoms with Crippen molar-refractivity contribution >= 4 is 0 Å². The molecule has 0 amide bonds. The lowest BCUT2D eigenvalue weighted by Crippen LogP contribution is -2.33. The van der Waals surface area contributed by atoms with E-state index in [2.05, 4.69) is 14.9 Å². The topological polar surface area (TPSA) is 56.7 Å². The van der Waals surface area contributed by atoms with Crippen LogP contribution in [0.2, 0.25) is 0 Å². The second-order valence-electron chi connectivity index (χ2n) is 6.94. The molecule has 0 unspecified atom stereocenters. The molecule has 6 nitrogen and oxygen atoms in total.